The maximum absolute atomic E-state index is 12.3. The summed E-state index contributed by atoms with van der Waals surface area (Å²) >= 11 is 1.52. The van der Waals surface area contributed by atoms with Crippen LogP contribution in [0.5, 0.6) is 0 Å². The number of carbonyl (C=O) groups is 2. The fourth-order valence-electron chi connectivity index (χ4n) is 2.49. The molecule has 0 aliphatic rings. The third kappa shape index (κ3) is 2.97. The van der Waals surface area contributed by atoms with E-state index in [1.54, 1.807) is 18.2 Å². The Hall–Kier alpha value is -3.19. The molecule has 0 aliphatic carbocycles. The van der Waals surface area contributed by atoms with Gasteiger partial charge in [0.1, 0.15) is 12.3 Å². The maximum atomic E-state index is 12.3. The number of esters is 1. The number of hydrogen-bond acceptors (Lipinski definition) is 6. The Bertz CT molecular complexity index is 1050. The van der Waals surface area contributed by atoms with E-state index in [-0.39, 0.29) is 6.61 Å². The lowest BCUT2D eigenvalue weighted by Crippen LogP contribution is -2.17. The molecular formula is C18H12N2O4S. The van der Waals surface area contributed by atoms with Crippen LogP contribution in [0.4, 0.5) is 0 Å². The summed E-state index contributed by atoms with van der Waals surface area (Å²) in [6.07, 6.45) is 1.51. The van der Waals surface area contributed by atoms with Crippen molar-refractivity contribution in [3.8, 4) is 10.6 Å². The zero-order valence-electron chi connectivity index (χ0n) is 12.9. The molecule has 0 aliphatic heterocycles. The van der Waals surface area contributed by atoms with Crippen molar-refractivity contribution in [2.45, 2.75) is 6.61 Å². The Morgan fingerprint density at radius 2 is 2.08 bits per heavy atom. The van der Waals surface area contributed by atoms with Crippen LogP contribution >= 0.6 is 11.3 Å². The van der Waals surface area contributed by atoms with Crippen molar-refractivity contribution >= 4 is 34.0 Å². The summed E-state index contributed by atoms with van der Waals surface area (Å²) in [5, 5.41) is 6.47. The lowest BCUT2D eigenvalue weighted by atomic mass is 10.1. The van der Waals surface area contributed by atoms with E-state index >= 15 is 0 Å². The van der Waals surface area contributed by atoms with Gasteiger partial charge in [-0.05, 0) is 17.5 Å². The summed E-state index contributed by atoms with van der Waals surface area (Å²) in [6.45, 7) is -0.123. The second kappa shape index (κ2) is 6.37. The van der Waals surface area contributed by atoms with E-state index in [2.05, 4.69) is 10.1 Å². The van der Waals surface area contributed by atoms with Crippen molar-refractivity contribution < 1.29 is 18.8 Å². The summed E-state index contributed by atoms with van der Waals surface area (Å²) < 4.78 is 10.3. The van der Waals surface area contributed by atoms with Gasteiger partial charge in [-0.25, -0.2) is 4.79 Å². The number of nitrogens with zero attached hydrogens (tertiary/aromatic N) is 1. The molecule has 3 aromatic heterocycles. The molecule has 3 heterocycles. The van der Waals surface area contributed by atoms with Crippen molar-refractivity contribution in [3.63, 3.8) is 0 Å². The molecule has 4 rings (SSSR count). The number of Topliss-reactive ketones (excluding diaryl/α,β-unsaturated/α-hetero) is 1. The highest BCUT2D eigenvalue weighted by molar-refractivity contribution is 7.13. The van der Waals surface area contributed by atoms with Gasteiger partial charge in [0, 0.05) is 23.2 Å². The first-order chi connectivity index (χ1) is 12.2. The van der Waals surface area contributed by atoms with E-state index in [9.17, 15) is 9.59 Å². The van der Waals surface area contributed by atoms with Crippen molar-refractivity contribution in [2.24, 2.45) is 0 Å². The first-order valence-electron chi connectivity index (χ1n) is 7.49. The molecule has 0 amide bonds. The summed E-state index contributed by atoms with van der Waals surface area (Å²) in [6, 6.07) is 12.8. The van der Waals surface area contributed by atoms with Crippen molar-refractivity contribution in [1.82, 2.24) is 10.1 Å². The average molecular weight is 352 g/mol. The SMILES string of the molecule is O=C(OCc1cc(-c2cccs2)on1)C(=O)c1c[nH]c2ccccc12. The highest BCUT2D eigenvalue weighted by Crippen LogP contribution is 2.25. The van der Waals surface area contributed by atoms with E-state index < -0.39 is 11.8 Å². The largest absolute Gasteiger partial charge is 0.453 e. The van der Waals surface area contributed by atoms with Gasteiger partial charge in [0.2, 0.25) is 0 Å². The number of hydrogen-bond donors (Lipinski definition) is 1. The third-order valence-electron chi connectivity index (χ3n) is 3.69. The van der Waals surface area contributed by atoms with Crippen LogP contribution in [-0.2, 0) is 16.1 Å². The molecule has 0 spiro atoms. The molecule has 0 radical (unpaired) electrons. The topological polar surface area (TPSA) is 85.2 Å². The third-order valence-corrected chi connectivity index (χ3v) is 4.58. The number of rotatable bonds is 5. The second-order valence-electron chi connectivity index (χ2n) is 5.31. The van der Waals surface area contributed by atoms with Gasteiger partial charge in [0.05, 0.1) is 10.4 Å². The number of nitrogens with one attached hydrogen (secondary N) is 1. The molecule has 0 fully saturated rings. The van der Waals surface area contributed by atoms with E-state index in [0.717, 1.165) is 10.4 Å². The lowest BCUT2D eigenvalue weighted by molar-refractivity contribution is -0.139. The lowest BCUT2D eigenvalue weighted by Gasteiger charge is -2.00. The predicted molar refractivity (Wildman–Crippen MR) is 92.2 cm³/mol. The molecule has 1 N–H and O–H groups in total. The number of ether oxygens (including phenoxy) is 1. The number of H-pyrrole nitrogens is 1. The Morgan fingerprint density at radius 3 is 2.92 bits per heavy atom. The van der Waals surface area contributed by atoms with Gasteiger partial charge in [0.15, 0.2) is 5.76 Å². The van der Waals surface area contributed by atoms with Gasteiger partial charge >= 0.3 is 5.97 Å². The molecule has 25 heavy (non-hydrogen) atoms. The number of aromatic nitrogens is 2. The molecule has 4 aromatic rings. The number of carbonyl (C=O) groups excluding carboxylic acids is 2. The van der Waals surface area contributed by atoms with Crippen LogP contribution in [0.15, 0.2) is 58.6 Å². The van der Waals surface area contributed by atoms with Crippen LogP contribution < -0.4 is 0 Å². The number of para-hydroxylation sites is 1. The quantitative estimate of drug-likeness (QED) is 0.335. The molecule has 1 aromatic carbocycles. The minimum Gasteiger partial charge on any atom is -0.453 e. The van der Waals surface area contributed by atoms with Crippen LogP contribution in [-0.4, -0.2) is 21.9 Å². The fraction of sp³-hybridized carbons (Fsp3) is 0.0556. The molecule has 124 valence electrons. The predicted octanol–water partition coefficient (Wildman–Crippen LogP) is 3.81. The minimum atomic E-state index is -0.926. The standard InChI is InChI=1S/C18H12N2O4S/c21-17(13-9-19-14-5-2-1-4-12(13)14)18(22)23-10-11-8-15(24-20-11)16-6-3-7-25-16/h1-9,19H,10H2. The molecule has 0 saturated carbocycles. The number of benzene rings is 1. The summed E-state index contributed by atoms with van der Waals surface area (Å²) in [5.74, 6) is -1.02. The van der Waals surface area contributed by atoms with Crippen LogP contribution in [0.1, 0.15) is 16.1 Å². The monoisotopic (exact) mass is 352 g/mol. The van der Waals surface area contributed by atoms with Gasteiger partial charge < -0.3 is 14.2 Å². The summed E-state index contributed by atoms with van der Waals surface area (Å²) in [5.41, 5.74) is 1.53. The zero-order valence-corrected chi connectivity index (χ0v) is 13.7. The van der Waals surface area contributed by atoms with Gasteiger partial charge in [0.25, 0.3) is 5.78 Å². The molecule has 0 saturated heterocycles. The number of thiophene rings is 1. The molecular weight excluding hydrogens is 340 g/mol. The van der Waals surface area contributed by atoms with E-state index in [0.29, 0.717) is 22.4 Å². The smallest absolute Gasteiger partial charge is 0.380 e. The molecule has 0 unspecified atom stereocenters. The second-order valence-corrected chi connectivity index (χ2v) is 6.26. The average Bonchev–Trinajstić information content (AvgIpc) is 3.38. The Labute approximate surface area is 146 Å². The Balaban J connectivity index is 1.44. The highest BCUT2D eigenvalue weighted by atomic mass is 32.1. The van der Waals surface area contributed by atoms with E-state index in [4.69, 9.17) is 9.26 Å². The van der Waals surface area contributed by atoms with Crippen molar-refractivity contribution in [3.05, 3.63) is 65.3 Å². The summed E-state index contributed by atoms with van der Waals surface area (Å²) in [4.78, 5) is 28.2. The van der Waals surface area contributed by atoms with Gasteiger partial charge in [-0.15, -0.1) is 11.3 Å². The number of ketones is 1. The molecule has 6 nitrogen and oxygen atoms in total. The van der Waals surface area contributed by atoms with Crippen LogP contribution in [0, 0.1) is 0 Å². The first kappa shape index (κ1) is 15.3. The molecule has 0 bridgehead atoms. The van der Waals surface area contributed by atoms with Gasteiger partial charge in [-0.1, -0.05) is 29.4 Å². The number of fused-ring (bicyclic) bond motifs is 1. The number of aromatic amines is 1. The van der Waals surface area contributed by atoms with Crippen LogP contribution in [0.25, 0.3) is 21.5 Å². The van der Waals surface area contributed by atoms with Crippen LogP contribution in [0.3, 0.4) is 0 Å². The minimum absolute atomic E-state index is 0.123. The Kier molecular flexibility index (Phi) is 3.91. The maximum Gasteiger partial charge on any atom is 0.380 e. The van der Waals surface area contributed by atoms with E-state index in [1.165, 1.54) is 17.5 Å². The fourth-order valence-corrected chi connectivity index (χ4v) is 3.16. The van der Waals surface area contributed by atoms with Crippen molar-refractivity contribution in [1.29, 1.82) is 0 Å². The van der Waals surface area contributed by atoms with Gasteiger partial charge in [-0.2, -0.15) is 0 Å². The molecule has 7 heteroatoms. The Morgan fingerprint density at radius 1 is 1.20 bits per heavy atom. The first-order valence-corrected chi connectivity index (χ1v) is 8.37. The normalized spacial score (nSPS) is 10.9. The highest BCUT2D eigenvalue weighted by Gasteiger charge is 2.22. The van der Waals surface area contributed by atoms with Gasteiger partial charge in [-0.3, -0.25) is 4.79 Å². The molecule has 0 atom stereocenters. The van der Waals surface area contributed by atoms with Crippen LogP contribution in [0.2, 0.25) is 0 Å². The zero-order chi connectivity index (χ0) is 17.2. The summed E-state index contributed by atoms with van der Waals surface area (Å²) in [7, 11) is 0. The van der Waals surface area contributed by atoms with Crippen molar-refractivity contribution in [2.75, 3.05) is 0 Å². The van der Waals surface area contributed by atoms with E-state index in [1.807, 2.05) is 29.6 Å².